The van der Waals surface area contributed by atoms with Crippen LogP contribution in [0.15, 0.2) is 35.9 Å². The predicted molar refractivity (Wildman–Crippen MR) is 63.3 cm³/mol. The van der Waals surface area contributed by atoms with Crippen molar-refractivity contribution in [2.24, 2.45) is 0 Å². The van der Waals surface area contributed by atoms with Crippen molar-refractivity contribution in [1.82, 2.24) is 0 Å². The van der Waals surface area contributed by atoms with Crippen LogP contribution in [0.3, 0.4) is 0 Å². The molecule has 17 heavy (non-hydrogen) atoms. The quantitative estimate of drug-likeness (QED) is 0.483. The van der Waals surface area contributed by atoms with Gasteiger partial charge in [0.1, 0.15) is 0 Å². The number of hydrogen-bond donors (Lipinski definition) is 2. The molecule has 0 radical (unpaired) electrons. The van der Waals surface area contributed by atoms with E-state index in [0.717, 1.165) is 0 Å². The molecule has 1 aromatic carbocycles. The van der Waals surface area contributed by atoms with Gasteiger partial charge in [0.05, 0.1) is 13.3 Å². The van der Waals surface area contributed by atoms with Gasteiger partial charge in [-0.25, -0.2) is 4.79 Å². The molecule has 0 unspecified atom stereocenters. The van der Waals surface area contributed by atoms with Gasteiger partial charge in [-0.3, -0.25) is 4.57 Å². The van der Waals surface area contributed by atoms with E-state index in [1.54, 1.807) is 30.3 Å². The number of benzene rings is 1. The van der Waals surface area contributed by atoms with Crippen molar-refractivity contribution in [3.05, 3.63) is 41.5 Å². The lowest BCUT2D eigenvalue weighted by Crippen LogP contribution is -2.08. The number of esters is 1. The lowest BCUT2D eigenvalue weighted by atomic mass is 10.1. The molecule has 6 heteroatoms. The van der Waals surface area contributed by atoms with E-state index in [0.29, 0.717) is 5.56 Å². The van der Waals surface area contributed by atoms with Crippen LogP contribution in [0.25, 0.3) is 6.08 Å². The zero-order valence-corrected chi connectivity index (χ0v) is 10.1. The number of carbonyl (C=O) groups is 1. The van der Waals surface area contributed by atoms with Gasteiger partial charge in [-0.1, -0.05) is 30.3 Å². The van der Waals surface area contributed by atoms with Crippen molar-refractivity contribution in [3.63, 3.8) is 0 Å². The molecule has 92 valence electrons. The fraction of sp³-hybridized carbons (Fsp3) is 0.182. The van der Waals surface area contributed by atoms with E-state index >= 15 is 0 Å². The summed E-state index contributed by atoms with van der Waals surface area (Å²) in [5, 5.41) is 0. The number of rotatable bonds is 4. The summed E-state index contributed by atoms with van der Waals surface area (Å²) in [5.74, 6) is -0.739. The molecule has 0 fully saturated rings. The molecule has 0 bridgehead atoms. The summed E-state index contributed by atoms with van der Waals surface area (Å²) in [4.78, 5) is 29.1. The fourth-order valence-corrected chi connectivity index (χ4v) is 1.94. The molecule has 0 aromatic heterocycles. The van der Waals surface area contributed by atoms with Gasteiger partial charge in [-0.15, -0.1) is 0 Å². The summed E-state index contributed by atoms with van der Waals surface area (Å²) >= 11 is 0. The lowest BCUT2D eigenvalue weighted by Gasteiger charge is -2.07. The van der Waals surface area contributed by atoms with Gasteiger partial charge >= 0.3 is 13.6 Å². The average molecular weight is 256 g/mol. The van der Waals surface area contributed by atoms with Crippen molar-refractivity contribution < 1.29 is 23.9 Å². The molecule has 0 saturated carbocycles. The van der Waals surface area contributed by atoms with Crippen LogP contribution < -0.4 is 0 Å². The van der Waals surface area contributed by atoms with Crippen molar-refractivity contribution in [2.75, 3.05) is 13.3 Å². The summed E-state index contributed by atoms with van der Waals surface area (Å²) in [7, 11) is -3.13. The molecule has 1 rings (SSSR count). The first-order chi connectivity index (χ1) is 7.92. The summed E-state index contributed by atoms with van der Waals surface area (Å²) in [6.45, 7) is 0. The fourth-order valence-electron chi connectivity index (χ4n) is 1.27. The molecule has 5 nitrogen and oxygen atoms in total. The summed E-state index contributed by atoms with van der Waals surface area (Å²) < 4.78 is 15.4. The van der Waals surface area contributed by atoms with Crippen LogP contribution in [0.5, 0.6) is 0 Å². The van der Waals surface area contributed by atoms with Crippen molar-refractivity contribution in [2.45, 2.75) is 0 Å². The van der Waals surface area contributed by atoms with Crippen molar-refractivity contribution >= 4 is 19.6 Å². The van der Waals surface area contributed by atoms with Gasteiger partial charge in [0, 0.05) is 5.57 Å². The van der Waals surface area contributed by atoms with E-state index in [1.807, 2.05) is 0 Å². The Morgan fingerprint density at radius 3 is 2.41 bits per heavy atom. The average Bonchev–Trinajstić information content (AvgIpc) is 2.27. The largest absolute Gasteiger partial charge is 0.466 e. The number of ether oxygens (including phenoxy) is 1. The summed E-state index contributed by atoms with van der Waals surface area (Å²) in [6.07, 6.45) is 0.777. The second-order valence-corrected chi connectivity index (χ2v) is 5.04. The topological polar surface area (TPSA) is 83.8 Å². The Morgan fingerprint density at radius 2 is 1.94 bits per heavy atom. The van der Waals surface area contributed by atoms with Crippen LogP contribution in [0.1, 0.15) is 5.56 Å². The Labute approximate surface area is 98.9 Å². The second-order valence-electron chi connectivity index (χ2n) is 3.39. The highest BCUT2D eigenvalue weighted by Crippen LogP contribution is 2.37. The molecule has 0 heterocycles. The Kier molecular flexibility index (Phi) is 4.63. The molecule has 0 aliphatic heterocycles. The molecule has 1 aromatic rings. The summed E-state index contributed by atoms with van der Waals surface area (Å²) in [6, 6.07) is 8.78. The zero-order chi connectivity index (χ0) is 12.9. The van der Waals surface area contributed by atoms with E-state index in [1.165, 1.54) is 13.2 Å². The maximum absolute atomic E-state index is 11.4. The number of carbonyl (C=O) groups excluding carboxylic acids is 1. The summed E-state index contributed by atoms with van der Waals surface area (Å²) in [5.41, 5.74) is 0.633. The second kappa shape index (κ2) is 5.77. The van der Waals surface area contributed by atoms with Gasteiger partial charge in [-0.05, 0) is 11.6 Å². The Bertz CT molecular complexity index is 460. The molecule has 0 atom stereocenters. The van der Waals surface area contributed by atoms with Crippen LogP contribution in [-0.2, 0) is 14.1 Å². The molecule has 0 amide bonds. The predicted octanol–water partition coefficient (Wildman–Crippen LogP) is 1.42. The van der Waals surface area contributed by atoms with Crippen molar-refractivity contribution in [1.29, 1.82) is 0 Å². The molecule has 2 N–H and O–H groups in total. The van der Waals surface area contributed by atoms with Crippen LogP contribution in [0.2, 0.25) is 0 Å². The van der Waals surface area contributed by atoms with E-state index in [9.17, 15) is 9.36 Å². The van der Waals surface area contributed by atoms with Gasteiger partial charge in [0.15, 0.2) is 0 Å². The Balaban J connectivity index is 3.03. The lowest BCUT2D eigenvalue weighted by molar-refractivity contribution is -0.135. The maximum atomic E-state index is 11.4. The molecule has 0 spiro atoms. The molecular formula is C11H13O5P. The highest BCUT2D eigenvalue weighted by molar-refractivity contribution is 7.52. The number of hydrogen-bond acceptors (Lipinski definition) is 3. The Hall–Kier alpha value is -1.42. The smallest absolute Gasteiger partial charge is 0.334 e. The van der Waals surface area contributed by atoms with Gasteiger partial charge in [0.25, 0.3) is 0 Å². The van der Waals surface area contributed by atoms with Gasteiger partial charge in [0.2, 0.25) is 0 Å². The maximum Gasteiger partial charge on any atom is 0.334 e. The first-order valence-electron chi connectivity index (χ1n) is 4.81. The van der Waals surface area contributed by atoms with E-state index in [4.69, 9.17) is 9.79 Å². The third kappa shape index (κ3) is 4.95. The van der Waals surface area contributed by atoms with Crippen molar-refractivity contribution in [3.8, 4) is 0 Å². The zero-order valence-electron chi connectivity index (χ0n) is 9.24. The third-order valence-corrected chi connectivity index (χ3v) is 2.72. The SMILES string of the molecule is COC(=O)/C(=C/c1ccccc1)CP(=O)(O)O. The van der Waals surface area contributed by atoms with Gasteiger partial charge < -0.3 is 14.5 Å². The minimum absolute atomic E-state index is 0.0490. The van der Waals surface area contributed by atoms with Crippen LogP contribution in [0.4, 0.5) is 0 Å². The monoisotopic (exact) mass is 256 g/mol. The standard InChI is InChI=1S/C11H13O5P/c1-16-11(12)10(8-17(13,14)15)7-9-5-3-2-4-6-9/h2-7H,8H2,1H3,(H2,13,14,15)/b10-7+. The first kappa shape index (κ1) is 13.6. The van der Waals surface area contributed by atoms with Crippen LogP contribution in [0, 0.1) is 0 Å². The van der Waals surface area contributed by atoms with Gasteiger partial charge in [-0.2, -0.15) is 0 Å². The third-order valence-electron chi connectivity index (χ3n) is 1.96. The first-order valence-corrected chi connectivity index (χ1v) is 6.60. The molecule has 0 aliphatic rings. The van der Waals surface area contributed by atoms with E-state index < -0.39 is 19.7 Å². The van der Waals surface area contributed by atoms with E-state index in [2.05, 4.69) is 4.74 Å². The minimum Gasteiger partial charge on any atom is -0.466 e. The van der Waals surface area contributed by atoms with Crippen LogP contribution >= 0.6 is 7.60 Å². The highest BCUT2D eigenvalue weighted by atomic mass is 31.2. The Morgan fingerprint density at radius 1 is 1.35 bits per heavy atom. The molecule has 0 aliphatic carbocycles. The molecule has 0 saturated heterocycles. The number of methoxy groups -OCH3 is 1. The minimum atomic E-state index is -4.29. The normalized spacial score (nSPS) is 12.3. The van der Waals surface area contributed by atoms with Crippen LogP contribution in [-0.4, -0.2) is 29.0 Å². The highest BCUT2D eigenvalue weighted by Gasteiger charge is 2.21. The van der Waals surface area contributed by atoms with E-state index in [-0.39, 0.29) is 5.57 Å². The molecular weight excluding hydrogens is 243 g/mol.